The molecule has 1 unspecified atom stereocenters. The summed E-state index contributed by atoms with van der Waals surface area (Å²) >= 11 is 5.99. The quantitative estimate of drug-likeness (QED) is 0.616. The predicted octanol–water partition coefficient (Wildman–Crippen LogP) is 3.82. The van der Waals surface area contributed by atoms with Gasteiger partial charge in [0.15, 0.2) is 0 Å². The van der Waals surface area contributed by atoms with Gasteiger partial charge in [-0.2, -0.15) is 0 Å². The minimum atomic E-state index is -0.168. The van der Waals surface area contributed by atoms with Crippen LogP contribution in [0.2, 0.25) is 0 Å². The fraction of sp³-hybridized carbons (Fsp3) is 0.400. The third-order valence-electron chi connectivity index (χ3n) is 1.90. The van der Waals surface area contributed by atoms with Gasteiger partial charge in [0.05, 0.1) is 5.38 Å². The number of halogens is 2. The Bertz CT molecular complexity index is 271. The minimum Gasteiger partial charge on any atom is -0.207 e. The summed E-state index contributed by atoms with van der Waals surface area (Å²) in [4.78, 5) is 0. The van der Waals surface area contributed by atoms with Crippen LogP contribution in [0.4, 0.5) is 4.39 Å². The highest BCUT2D eigenvalue weighted by atomic mass is 35.5. The maximum atomic E-state index is 12.8. The van der Waals surface area contributed by atoms with Crippen molar-refractivity contribution in [1.82, 2.24) is 0 Å². The first-order valence-corrected chi connectivity index (χ1v) is 4.49. The number of aryl methyl sites for hydroxylation is 1. The van der Waals surface area contributed by atoms with E-state index in [0.29, 0.717) is 5.56 Å². The van der Waals surface area contributed by atoms with E-state index < -0.39 is 0 Å². The maximum Gasteiger partial charge on any atom is 0.126 e. The second-order valence-corrected chi connectivity index (χ2v) is 3.41. The van der Waals surface area contributed by atoms with Gasteiger partial charge in [0.1, 0.15) is 5.82 Å². The normalized spacial score (nSPS) is 13.0. The Morgan fingerprint density at radius 2 is 2.17 bits per heavy atom. The van der Waals surface area contributed by atoms with Crippen LogP contribution in [0.5, 0.6) is 0 Å². The smallest absolute Gasteiger partial charge is 0.126 e. The lowest BCUT2D eigenvalue weighted by Crippen LogP contribution is -1.90. The van der Waals surface area contributed by atoms with Crippen molar-refractivity contribution < 1.29 is 4.39 Å². The van der Waals surface area contributed by atoms with Gasteiger partial charge in [-0.25, -0.2) is 4.39 Å². The van der Waals surface area contributed by atoms with Gasteiger partial charge in [0.2, 0.25) is 0 Å². The average Bonchev–Trinajstić information content (AvgIpc) is 2.08. The largest absolute Gasteiger partial charge is 0.207 e. The number of alkyl halides is 1. The van der Waals surface area contributed by atoms with Crippen LogP contribution in [0.25, 0.3) is 0 Å². The molecule has 1 atom stereocenters. The third-order valence-corrected chi connectivity index (χ3v) is 2.46. The van der Waals surface area contributed by atoms with Crippen molar-refractivity contribution in [2.24, 2.45) is 0 Å². The SMILES string of the molecule is CCC(Cl)c1ccc(F)c(C)c1. The lowest BCUT2D eigenvalue weighted by molar-refractivity contribution is 0.617. The van der Waals surface area contributed by atoms with E-state index in [1.54, 1.807) is 19.1 Å². The minimum absolute atomic E-state index is 0.00398. The Hall–Kier alpha value is -0.560. The highest BCUT2D eigenvalue weighted by Crippen LogP contribution is 2.24. The standard InChI is InChI=1S/C10H12ClF/c1-3-9(11)8-4-5-10(12)7(2)6-8/h4-6,9H,3H2,1-2H3. The summed E-state index contributed by atoms with van der Waals surface area (Å²) in [5.74, 6) is -0.168. The van der Waals surface area contributed by atoms with Crippen LogP contribution in [-0.4, -0.2) is 0 Å². The lowest BCUT2D eigenvalue weighted by Gasteiger charge is -2.07. The first kappa shape index (κ1) is 9.53. The van der Waals surface area contributed by atoms with E-state index in [0.717, 1.165) is 12.0 Å². The Labute approximate surface area is 77.4 Å². The number of hydrogen-bond donors (Lipinski definition) is 0. The molecule has 1 rings (SSSR count). The van der Waals surface area contributed by atoms with E-state index >= 15 is 0 Å². The molecule has 0 saturated carbocycles. The molecule has 0 bridgehead atoms. The molecule has 0 saturated heterocycles. The number of hydrogen-bond acceptors (Lipinski definition) is 0. The van der Waals surface area contributed by atoms with Crippen molar-refractivity contribution in [2.75, 3.05) is 0 Å². The van der Waals surface area contributed by atoms with E-state index in [9.17, 15) is 4.39 Å². The van der Waals surface area contributed by atoms with Gasteiger partial charge < -0.3 is 0 Å². The van der Waals surface area contributed by atoms with Gasteiger partial charge >= 0.3 is 0 Å². The summed E-state index contributed by atoms with van der Waals surface area (Å²) in [6.07, 6.45) is 0.868. The van der Waals surface area contributed by atoms with Gasteiger partial charge in [-0.15, -0.1) is 11.6 Å². The molecule has 0 aromatic heterocycles. The van der Waals surface area contributed by atoms with Gasteiger partial charge in [-0.3, -0.25) is 0 Å². The summed E-state index contributed by atoms with van der Waals surface area (Å²) in [5, 5.41) is 0.00398. The average molecular weight is 187 g/mol. The second kappa shape index (κ2) is 3.90. The highest BCUT2D eigenvalue weighted by molar-refractivity contribution is 6.20. The molecule has 0 amide bonds. The van der Waals surface area contributed by atoms with E-state index in [1.807, 2.05) is 6.92 Å². The first-order chi connectivity index (χ1) is 5.65. The van der Waals surface area contributed by atoms with Crippen molar-refractivity contribution in [3.05, 3.63) is 35.1 Å². The maximum absolute atomic E-state index is 12.8. The van der Waals surface area contributed by atoms with Gasteiger partial charge in [-0.05, 0) is 30.5 Å². The van der Waals surface area contributed by atoms with Crippen LogP contribution >= 0.6 is 11.6 Å². The van der Waals surface area contributed by atoms with Crippen molar-refractivity contribution in [1.29, 1.82) is 0 Å². The van der Waals surface area contributed by atoms with Crippen molar-refractivity contribution >= 4 is 11.6 Å². The highest BCUT2D eigenvalue weighted by Gasteiger charge is 2.06. The van der Waals surface area contributed by atoms with Crippen molar-refractivity contribution in [2.45, 2.75) is 25.6 Å². The van der Waals surface area contributed by atoms with E-state index in [-0.39, 0.29) is 11.2 Å². The Balaban J connectivity index is 2.96. The molecule has 0 spiro atoms. The van der Waals surface area contributed by atoms with Crippen LogP contribution in [0.15, 0.2) is 18.2 Å². The zero-order valence-electron chi connectivity index (χ0n) is 7.27. The molecule has 0 radical (unpaired) electrons. The summed E-state index contributed by atoms with van der Waals surface area (Å²) in [5.41, 5.74) is 1.66. The molecule has 0 aliphatic rings. The summed E-state index contributed by atoms with van der Waals surface area (Å²) in [6, 6.07) is 5.01. The molecule has 0 N–H and O–H groups in total. The van der Waals surface area contributed by atoms with Gasteiger partial charge in [0, 0.05) is 0 Å². The molecule has 0 aliphatic carbocycles. The Morgan fingerprint density at radius 1 is 1.50 bits per heavy atom. The van der Waals surface area contributed by atoms with E-state index in [2.05, 4.69) is 0 Å². The molecule has 0 nitrogen and oxygen atoms in total. The van der Waals surface area contributed by atoms with Crippen LogP contribution < -0.4 is 0 Å². The molecule has 1 aromatic rings. The fourth-order valence-electron chi connectivity index (χ4n) is 1.10. The summed E-state index contributed by atoms with van der Waals surface area (Å²) < 4.78 is 12.8. The number of benzene rings is 1. The van der Waals surface area contributed by atoms with Crippen molar-refractivity contribution in [3.8, 4) is 0 Å². The fourth-order valence-corrected chi connectivity index (χ4v) is 1.23. The third kappa shape index (κ3) is 1.98. The molecular formula is C10H12ClF. The molecule has 0 fully saturated rings. The van der Waals surface area contributed by atoms with Crippen LogP contribution in [-0.2, 0) is 0 Å². The Kier molecular flexibility index (Phi) is 3.10. The van der Waals surface area contributed by atoms with Crippen LogP contribution in [0, 0.1) is 12.7 Å². The van der Waals surface area contributed by atoms with Crippen LogP contribution in [0.3, 0.4) is 0 Å². The lowest BCUT2D eigenvalue weighted by atomic mass is 10.1. The monoisotopic (exact) mass is 186 g/mol. The molecule has 0 aliphatic heterocycles. The second-order valence-electron chi connectivity index (χ2n) is 2.88. The van der Waals surface area contributed by atoms with Gasteiger partial charge in [0.25, 0.3) is 0 Å². The topological polar surface area (TPSA) is 0 Å². The van der Waals surface area contributed by atoms with E-state index in [1.165, 1.54) is 6.07 Å². The molecule has 0 heterocycles. The Morgan fingerprint density at radius 3 is 2.67 bits per heavy atom. The van der Waals surface area contributed by atoms with Crippen LogP contribution in [0.1, 0.15) is 29.8 Å². The summed E-state index contributed by atoms with van der Waals surface area (Å²) in [7, 11) is 0. The number of rotatable bonds is 2. The molecule has 1 aromatic carbocycles. The van der Waals surface area contributed by atoms with Gasteiger partial charge in [-0.1, -0.05) is 19.1 Å². The van der Waals surface area contributed by atoms with E-state index in [4.69, 9.17) is 11.6 Å². The van der Waals surface area contributed by atoms with Crippen molar-refractivity contribution in [3.63, 3.8) is 0 Å². The molecular weight excluding hydrogens is 175 g/mol. The predicted molar refractivity (Wildman–Crippen MR) is 50.0 cm³/mol. The first-order valence-electron chi connectivity index (χ1n) is 4.05. The molecule has 2 heteroatoms. The summed E-state index contributed by atoms with van der Waals surface area (Å²) in [6.45, 7) is 3.76. The zero-order valence-corrected chi connectivity index (χ0v) is 8.03. The molecule has 66 valence electrons. The zero-order chi connectivity index (χ0) is 9.14. The molecule has 12 heavy (non-hydrogen) atoms.